The lowest BCUT2D eigenvalue weighted by Gasteiger charge is -2.35. The van der Waals surface area contributed by atoms with Crippen LogP contribution in [0.5, 0.6) is 0 Å². The second-order valence-corrected chi connectivity index (χ2v) is 8.48. The van der Waals surface area contributed by atoms with E-state index < -0.39 is 6.04 Å². The van der Waals surface area contributed by atoms with E-state index in [4.69, 9.17) is 4.74 Å². The molecule has 2 heterocycles. The fourth-order valence-electron chi connectivity index (χ4n) is 3.94. The van der Waals surface area contributed by atoms with Gasteiger partial charge in [-0.25, -0.2) is 0 Å². The fraction of sp³-hybridized carbons (Fsp3) is 0.391. The zero-order chi connectivity index (χ0) is 20.8. The van der Waals surface area contributed by atoms with Crippen LogP contribution in [-0.4, -0.2) is 72.1 Å². The number of amides is 2. The van der Waals surface area contributed by atoms with Gasteiger partial charge in [-0.3, -0.25) is 14.5 Å². The molecule has 158 valence electrons. The quantitative estimate of drug-likeness (QED) is 0.770. The van der Waals surface area contributed by atoms with Gasteiger partial charge in [-0.2, -0.15) is 0 Å². The molecule has 2 aliphatic heterocycles. The van der Waals surface area contributed by atoms with Crippen LogP contribution in [0.2, 0.25) is 0 Å². The molecule has 7 heteroatoms. The first-order chi connectivity index (χ1) is 14.7. The smallest absolute Gasteiger partial charge is 0.255 e. The largest absolute Gasteiger partial charge is 0.379 e. The van der Waals surface area contributed by atoms with Gasteiger partial charge in [0.25, 0.3) is 5.91 Å². The number of ether oxygens (including phenoxy) is 1. The summed E-state index contributed by atoms with van der Waals surface area (Å²) < 4.78 is 5.50. The number of nitrogens with zero attached hydrogens (tertiary/aromatic N) is 2. The highest BCUT2D eigenvalue weighted by Gasteiger charge is 2.35. The fourth-order valence-corrected chi connectivity index (χ4v) is 5.10. The molecule has 2 aromatic carbocycles. The lowest BCUT2D eigenvalue weighted by Crippen LogP contribution is -2.50. The number of benzene rings is 2. The molecule has 0 bridgehead atoms. The number of hydrogen-bond donors (Lipinski definition) is 1. The second-order valence-electron chi connectivity index (χ2n) is 7.48. The Hall–Kier alpha value is -2.35. The summed E-state index contributed by atoms with van der Waals surface area (Å²) in [6.07, 6.45) is 0. The van der Waals surface area contributed by atoms with Gasteiger partial charge in [0.2, 0.25) is 5.91 Å². The Balaban J connectivity index is 1.43. The molecular formula is C23H27N3O3S. The summed E-state index contributed by atoms with van der Waals surface area (Å²) in [5, 5.41) is 3.13. The number of thioether (sulfide) groups is 1. The van der Waals surface area contributed by atoms with E-state index in [0.29, 0.717) is 37.0 Å². The van der Waals surface area contributed by atoms with Crippen LogP contribution in [0.1, 0.15) is 22.0 Å². The van der Waals surface area contributed by atoms with Crippen molar-refractivity contribution in [2.24, 2.45) is 0 Å². The molecule has 0 aromatic heterocycles. The lowest BCUT2D eigenvalue weighted by molar-refractivity contribution is -0.124. The minimum atomic E-state index is -0.441. The third-order valence-electron chi connectivity index (χ3n) is 5.61. The van der Waals surface area contributed by atoms with Crippen LogP contribution in [0.25, 0.3) is 0 Å². The molecule has 2 amide bonds. The Morgan fingerprint density at radius 1 is 1.03 bits per heavy atom. The van der Waals surface area contributed by atoms with E-state index in [0.717, 1.165) is 13.1 Å². The van der Waals surface area contributed by atoms with Crippen LogP contribution in [0.4, 0.5) is 0 Å². The van der Waals surface area contributed by atoms with Crippen LogP contribution >= 0.6 is 11.8 Å². The number of carbonyl (C=O) groups is 2. The topological polar surface area (TPSA) is 61.9 Å². The molecule has 0 saturated carbocycles. The summed E-state index contributed by atoms with van der Waals surface area (Å²) in [6, 6.07) is 19.1. The Kier molecular flexibility index (Phi) is 7.04. The minimum Gasteiger partial charge on any atom is -0.379 e. The average molecular weight is 426 g/mol. The Bertz CT molecular complexity index is 843. The van der Waals surface area contributed by atoms with Crippen molar-refractivity contribution >= 4 is 23.6 Å². The number of nitrogens with one attached hydrogen (secondary N) is 1. The van der Waals surface area contributed by atoms with E-state index in [1.807, 2.05) is 36.4 Å². The van der Waals surface area contributed by atoms with Crippen molar-refractivity contribution in [2.45, 2.75) is 12.1 Å². The summed E-state index contributed by atoms with van der Waals surface area (Å²) in [6.45, 7) is 3.60. The summed E-state index contributed by atoms with van der Waals surface area (Å²) in [4.78, 5) is 30.0. The van der Waals surface area contributed by atoms with Gasteiger partial charge in [-0.1, -0.05) is 48.5 Å². The Morgan fingerprint density at radius 2 is 1.70 bits per heavy atom. The van der Waals surface area contributed by atoms with Crippen LogP contribution in [0, 0.1) is 0 Å². The maximum Gasteiger partial charge on any atom is 0.255 e. The highest BCUT2D eigenvalue weighted by atomic mass is 32.2. The van der Waals surface area contributed by atoms with E-state index in [9.17, 15) is 9.59 Å². The van der Waals surface area contributed by atoms with Crippen molar-refractivity contribution in [1.29, 1.82) is 0 Å². The van der Waals surface area contributed by atoms with Gasteiger partial charge in [0.15, 0.2) is 0 Å². The number of carbonyl (C=O) groups excluding carboxylic acids is 2. The van der Waals surface area contributed by atoms with Gasteiger partial charge in [0.05, 0.1) is 25.1 Å². The minimum absolute atomic E-state index is 0.0847. The summed E-state index contributed by atoms with van der Waals surface area (Å²) >= 11 is 1.62. The summed E-state index contributed by atoms with van der Waals surface area (Å²) in [7, 11) is 0. The van der Waals surface area contributed by atoms with Crippen molar-refractivity contribution in [3.05, 3.63) is 71.8 Å². The SMILES string of the molecule is O=C(NCC(c1ccccc1)N1CCOCC1)[C@@H]1CSCN1C(=O)c1ccccc1. The molecule has 0 aliphatic carbocycles. The first-order valence-corrected chi connectivity index (χ1v) is 11.5. The van der Waals surface area contributed by atoms with Gasteiger partial charge in [-0.15, -0.1) is 11.8 Å². The lowest BCUT2D eigenvalue weighted by atomic mass is 10.0. The van der Waals surface area contributed by atoms with Crippen molar-refractivity contribution < 1.29 is 14.3 Å². The Morgan fingerprint density at radius 3 is 2.40 bits per heavy atom. The zero-order valence-corrected chi connectivity index (χ0v) is 17.7. The maximum absolute atomic E-state index is 13.0. The van der Waals surface area contributed by atoms with Crippen molar-refractivity contribution in [2.75, 3.05) is 44.5 Å². The second kappa shape index (κ2) is 10.1. The van der Waals surface area contributed by atoms with E-state index >= 15 is 0 Å². The molecule has 30 heavy (non-hydrogen) atoms. The molecular weight excluding hydrogens is 398 g/mol. The number of rotatable bonds is 6. The van der Waals surface area contributed by atoms with E-state index in [1.165, 1.54) is 5.56 Å². The predicted octanol–water partition coefficient (Wildman–Crippen LogP) is 2.39. The molecule has 0 spiro atoms. The average Bonchev–Trinajstić information content (AvgIpc) is 3.31. The van der Waals surface area contributed by atoms with Crippen molar-refractivity contribution in [3.8, 4) is 0 Å². The van der Waals surface area contributed by atoms with Crippen molar-refractivity contribution in [3.63, 3.8) is 0 Å². The number of morpholine rings is 1. The summed E-state index contributed by atoms with van der Waals surface area (Å²) in [5.41, 5.74) is 1.80. The molecule has 2 saturated heterocycles. The highest BCUT2D eigenvalue weighted by Crippen LogP contribution is 2.25. The molecule has 1 unspecified atom stereocenters. The van der Waals surface area contributed by atoms with Crippen LogP contribution < -0.4 is 5.32 Å². The molecule has 2 atom stereocenters. The standard InChI is InChI=1S/C23H27N3O3S/c27-22(21-16-30-17-26(21)23(28)19-9-5-2-6-10-19)24-15-20(18-7-3-1-4-8-18)25-11-13-29-14-12-25/h1-10,20-21H,11-17H2,(H,24,27)/t20?,21-/m0/s1. The third kappa shape index (κ3) is 4.86. The first kappa shape index (κ1) is 20.9. The van der Waals surface area contributed by atoms with Gasteiger partial charge in [0, 0.05) is 31.0 Å². The molecule has 0 radical (unpaired) electrons. The normalized spacial score (nSPS) is 20.7. The Labute approximate surface area is 181 Å². The first-order valence-electron chi connectivity index (χ1n) is 10.3. The highest BCUT2D eigenvalue weighted by molar-refractivity contribution is 7.99. The van der Waals surface area contributed by atoms with Gasteiger partial charge >= 0.3 is 0 Å². The van der Waals surface area contributed by atoms with Gasteiger partial charge < -0.3 is 15.0 Å². The van der Waals surface area contributed by atoms with Gasteiger partial charge in [0.1, 0.15) is 6.04 Å². The van der Waals surface area contributed by atoms with E-state index in [2.05, 4.69) is 22.3 Å². The van der Waals surface area contributed by atoms with Crippen LogP contribution in [-0.2, 0) is 9.53 Å². The molecule has 2 aliphatic rings. The van der Waals surface area contributed by atoms with Gasteiger partial charge in [-0.05, 0) is 17.7 Å². The zero-order valence-electron chi connectivity index (χ0n) is 16.9. The number of hydrogen-bond acceptors (Lipinski definition) is 5. The van der Waals surface area contributed by atoms with E-state index in [1.54, 1.807) is 28.8 Å². The summed E-state index contributed by atoms with van der Waals surface area (Å²) in [5.74, 6) is 0.988. The molecule has 2 fully saturated rings. The molecule has 1 N–H and O–H groups in total. The van der Waals surface area contributed by atoms with Crippen LogP contribution in [0.3, 0.4) is 0 Å². The maximum atomic E-state index is 13.0. The molecule has 4 rings (SSSR count). The molecule has 6 nitrogen and oxygen atoms in total. The van der Waals surface area contributed by atoms with E-state index in [-0.39, 0.29) is 17.9 Å². The van der Waals surface area contributed by atoms with Crippen molar-refractivity contribution in [1.82, 2.24) is 15.1 Å². The van der Waals surface area contributed by atoms with Crippen LogP contribution in [0.15, 0.2) is 60.7 Å². The monoisotopic (exact) mass is 425 g/mol. The molecule has 2 aromatic rings. The third-order valence-corrected chi connectivity index (χ3v) is 6.62. The predicted molar refractivity (Wildman–Crippen MR) is 118 cm³/mol.